The van der Waals surface area contributed by atoms with Crippen LogP contribution in [-0.4, -0.2) is 46.7 Å². The average molecular weight is 502 g/mol. The Balaban J connectivity index is 1.59. The fourth-order valence-corrected chi connectivity index (χ4v) is 4.53. The molecule has 0 radical (unpaired) electrons. The molecule has 37 heavy (non-hydrogen) atoms. The van der Waals surface area contributed by atoms with E-state index in [1.165, 1.54) is 4.90 Å². The lowest BCUT2D eigenvalue weighted by Gasteiger charge is -2.17. The van der Waals surface area contributed by atoms with E-state index in [4.69, 9.17) is 4.74 Å². The summed E-state index contributed by atoms with van der Waals surface area (Å²) in [5.74, 6) is 1.31. The number of aromatic nitrogens is 1. The molecular weight excluding hydrogens is 470 g/mol. The lowest BCUT2D eigenvalue weighted by Crippen LogP contribution is -2.21. The van der Waals surface area contributed by atoms with Crippen LogP contribution in [0.2, 0.25) is 0 Å². The molecule has 0 spiro atoms. The van der Waals surface area contributed by atoms with Crippen molar-refractivity contribution in [3.05, 3.63) is 77.0 Å². The monoisotopic (exact) mass is 501 g/mol. The van der Waals surface area contributed by atoms with Gasteiger partial charge in [-0.25, -0.2) is 9.78 Å². The number of nitrogens with zero attached hydrogens (tertiary/aromatic N) is 2. The van der Waals surface area contributed by atoms with Crippen molar-refractivity contribution in [2.45, 2.75) is 39.0 Å². The van der Waals surface area contributed by atoms with Crippen molar-refractivity contribution < 1.29 is 24.2 Å². The fourth-order valence-electron chi connectivity index (χ4n) is 4.53. The summed E-state index contributed by atoms with van der Waals surface area (Å²) in [5.41, 5.74) is 3.03. The number of carbonyl (C=O) groups is 3. The first-order chi connectivity index (χ1) is 17.7. The summed E-state index contributed by atoms with van der Waals surface area (Å²) in [6.45, 7) is 1.87. The van der Waals surface area contributed by atoms with Gasteiger partial charge in [0, 0.05) is 38.2 Å². The topological polar surface area (TPSA) is 109 Å². The standard InChI is InChI=1S/C29H31N3O5/c1-4-25-24(29(35)36)12-14-27(31-25)30-21-8-13-26(20(17-21)15-18-5-9-22(33)16-18)37-23-10-6-19(7-11-23)28(34)32(2)3/h6-8,10-14,17-18H,4-5,9,15-16H2,1-3H3,(H,30,31)(H,35,36). The second kappa shape index (κ2) is 11.2. The minimum Gasteiger partial charge on any atom is -0.478 e. The number of carbonyl (C=O) groups excluding carboxylic acids is 2. The third-order valence-corrected chi connectivity index (χ3v) is 6.46. The maximum atomic E-state index is 12.2. The van der Waals surface area contributed by atoms with Crippen molar-refractivity contribution in [3.63, 3.8) is 0 Å². The number of ketones is 1. The summed E-state index contributed by atoms with van der Waals surface area (Å²) in [6.07, 6.45) is 3.23. The van der Waals surface area contributed by atoms with Crippen molar-refractivity contribution in [1.29, 1.82) is 0 Å². The molecule has 1 heterocycles. The van der Waals surface area contributed by atoms with Crippen LogP contribution >= 0.6 is 0 Å². The molecule has 0 bridgehead atoms. The van der Waals surface area contributed by atoms with Crippen LogP contribution in [-0.2, 0) is 17.6 Å². The zero-order valence-electron chi connectivity index (χ0n) is 21.3. The van der Waals surface area contributed by atoms with E-state index in [0.29, 0.717) is 54.3 Å². The molecule has 1 aliphatic rings. The molecular formula is C29H31N3O5. The van der Waals surface area contributed by atoms with Gasteiger partial charge < -0.3 is 20.1 Å². The van der Waals surface area contributed by atoms with Gasteiger partial charge in [0.25, 0.3) is 5.91 Å². The molecule has 3 aromatic rings. The van der Waals surface area contributed by atoms with E-state index < -0.39 is 5.97 Å². The number of nitrogens with one attached hydrogen (secondary N) is 1. The number of anilines is 2. The van der Waals surface area contributed by atoms with E-state index in [1.54, 1.807) is 50.5 Å². The molecule has 0 aliphatic heterocycles. The molecule has 1 aliphatic carbocycles. The number of carboxylic acid groups (broad SMARTS) is 1. The van der Waals surface area contributed by atoms with Gasteiger partial charge in [-0.05, 0) is 85.3 Å². The van der Waals surface area contributed by atoms with Crippen LogP contribution in [0.15, 0.2) is 54.6 Å². The van der Waals surface area contributed by atoms with Gasteiger partial charge in [0.15, 0.2) is 0 Å². The lowest BCUT2D eigenvalue weighted by atomic mass is 9.97. The first-order valence-electron chi connectivity index (χ1n) is 12.4. The van der Waals surface area contributed by atoms with Crippen LogP contribution in [0.5, 0.6) is 11.5 Å². The minimum absolute atomic E-state index is 0.0789. The van der Waals surface area contributed by atoms with Gasteiger partial charge in [-0.3, -0.25) is 9.59 Å². The average Bonchev–Trinajstić information content (AvgIpc) is 3.29. The Bertz CT molecular complexity index is 1320. The van der Waals surface area contributed by atoms with Gasteiger partial charge in [-0.1, -0.05) is 6.92 Å². The smallest absolute Gasteiger partial charge is 0.337 e. The van der Waals surface area contributed by atoms with Gasteiger partial charge in [0.05, 0.1) is 11.3 Å². The molecule has 4 rings (SSSR count). The zero-order chi connectivity index (χ0) is 26.5. The number of Topliss-reactive ketones (excluding diaryl/α,β-unsaturated/α-hetero) is 1. The van der Waals surface area contributed by atoms with Crippen molar-refractivity contribution >= 4 is 29.2 Å². The molecule has 2 N–H and O–H groups in total. The quantitative estimate of drug-likeness (QED) is 0.399. The van der Waals surface area contributed by atoms with E-state index in [1.807, 2.05) is 25.1 Å². The third-order valence-electron chi connectivity index (χ3n) is 6.46. The second-order valence-corrected chi connectivity index (χ2v) is 9.47. The summed E-state index contributed by atoms with van der Waals surface area (Å²) in [5, 5.41) is 12.6. The highest BCUT2D eigenvalue weighted by Crippen LogP contribution is 2.34. The molecule has 1 aromatic heterocycles. The maximum Gasteiger partial charge on any atom is 0.337 e. The van der Waals surface area contributed by atoms with Crippen LogP contribution in [0.3, 0.4) is 0 Å². The molecule has 192 valence electrons. The molecule has 8 nitrogen and oxygen atoms in total. The van der Waals surface area contributed by atoms with E-state index in [9.17, 15) is 19.5 Å². The zero-order valence-corrected chi connectivity index (χ0v) is 21.3. The van der Waals surface area contributed by atoms with Crippen LogP contribution in [0, 0.1) is 5.92 Å². The summed E-state index contributed by atoms with van der Waals surface area (Å²) in [7, 11) is 3.42. The van der Waals surface area contributed by atoms with Gasteiger partial charge >= 0.3 is 5.97 Å². The summed E-state index contributed by atoms with van der Waals surface area (Å²) < 4.78 is 6.21. The van der Waals surface area contributed by atoms with Crippen molar-refractivity contribution in [1.82, 2.24) is 9.88 Å². The SMILES string of the molecule is CCc1nc(Nc2ccc(Oc3ccc(C(=O)N(C)C)cc3)c(CC3CCC(=O)C3)c2)ccc1C(=O)O. The Morgan fingerprint density at radius 1 is 1.11 bits per heavy atom. The number of ether oxygens (including phenoxy) is 1. The minimum atomic E-state index is -0.995. The number of carboxylic acids is 1. The highest BCUT2D eigenvalue weighted by molar-refractivity contribution is 5.94. The largest absolute Gasteiger partial charge is 0.478 e. The van der Waals surface area contributed by atoms with E-state index in [2.05, 4.69) is 10.3 Å². The first kappa shape index (κ1) is 25.9. The normalized spacial score (nSPS) is 14.9. The number of aryl methyl sites for hydroxylation is 1. The van der Waals surface area contributed by atoms with E-state index in [-0.39, 0.29) is 23.2 Å². The molecule has 1 atom stereocenters. The number of amides is 1. The lowest BCUT2D eigenvalue weighted by molar-refractivity contribution is -0.117. The summed E-state index contributed by atoms with van der Waals surface area (Å²) in [4.78, 5) is 41.5. The van der Waals surface area contributed by atoms with E-state index in [0.717, 1.165) is 17.7 Å². The first-order valence-corrected chi connectivity index (χ1v) is 12.4. The van der Waals surface area contributed by atoms with Crippen LogP contribution < -0.4 is 10.1 Å². The van der Waals surface area contributed by atoms with Crippen LogP contribution in [0.4, 0.5) is 11.5 Å². The Hall–Kier alpha value is -4.20. The molecule has 1 fully saturated rings. The summed E-state index contributed by atoms with van der Waals surface area (Å²) in [6, 6.07) is 16.0. The highest BCUT2D eigenvalue weighted by atomic mass is 16.5. The molecule has 0 saturated heterocycles. The number of hydrogen-bond acceptors (Lipinski definition) is 6. The van der Waals surface area contributed by atoms with E-state index >= 15 is 0 Å². The van der Waals surface area contributed by atoms with Crippen molar-refractivity contribution in [2.75, 3.05) is 19.4 Å². The molecule has 2 aromatic carbocycles. The van der Waals surface area contributed by atoms with Crippen molar-refractivity contribution in [2.24, 2.45) is 5.92 Å². The highest BCUT2D eigenvalue weighted by Gasteiger charge is 2.24. The Kier molecular flexibility index (Phi) is 7.86. The second-order valence-electron chi connectivity index (χ2n) is 9.47. The van der Waals surface area contributed by atoms with Crippen LogP contribution in [0.25, 0.3) is 0 Å². The van der Waals surface area contributed by atoms with Gasteiger partial charge in [0.1, 0.15) is 23.1 Å². The Labute approximate surface area is 216 Å². The number of hydrogen-bond donors (Lipinski definition) is 2. The molecule has 1 amide bonds. The van der Waals surface area contributed by atoms with Gasteiger partial charge in [0.2, 0.25) is 0 Å². The van der Waals surface area contributed by atoms with Gasteiger partial charge in [-0.15, -0.1) is 0 Å². The molecule has 1 unspecified atom stereocenters. The number of benzene rings is 2. The third kappa shape index (κ3) is 6.33. The van der Waals surface area contributed by atoms with Crippen molar-refractivity contribution in [3.8, 4) is 11.5 Å². The number of aromatic carboxylic acids is 1. The number of rotatable bonds is 9. The summed E-state index contributed by atoms with van der Waals surface area (Å²) >= 11 is 0. The number of pyridine rings is 1. The molecule has 1 saturated carbocycles. The van der Waals surface area contributed by atoms with Gasteiger partial charge in [-0.2, -0.15) is 0 Å². The Morgan fingerprint density at radius 3 is 2.49 bits per heavy atom. The maximum absolute atomic E-state index is 12.2. The predicted molar refractivity (Wildman–Crippen MR) is 141 cm³/mol. The predicted octanol–water partition coefficient (Wildman–Crippen LogP) is 5.49. The fraction of sp³-hybridized carbons (Fsp3) is 0.310. The Morgan fingerprint density at radius 2 is 1.86 bits per heavy atom. The molecule has 8 heteroatoms. The van der Waals surface area contributed by atoms with Crippen LogP contribution in [0.1, 0.15) is 58.2 Å².